The average molecular weight is 372 g/mol. The number of rotatable bonds is 3. The Balaban J connectivity index is 2.38. The molecule has 0 fully saturated rings. The monoisotopic (exact) mass is 370 g/mol. The number of alkyl halides is 1. The summed E-state index contributed by atoms with van der Waals surface area (Å²) in [5, 5.41) is 0. The molecule has 0 amide bonds. The van der Waals surface area contributed by atoms with E-state index in [2.05, 4.69) is 30.9 Å². The van der Waals surface area contributed by atoms with Gasteiger partial charge in [0.15, 0.2) is 11.2 Å². The van der Waals surface area contributed by atoms with Gasteiger partial charge in [0.05, 0.1) is 18.7 Å². The summed E-state index contributed by atoms with van der Waals surface area (Å²) in [6, 6.07) is 4.37. The molecule has 0 radical (unpaired) electrons. The Kier molecular flexibility index (Phi) is 3.77. The molecule has 0 atom stereocenters. The summed E-state index contributed by atoms with van der Waals surface area (Å²) in [4.78, 5) is 12.6. The summed E-state index contributed by atoms with van der Waals surface area (Å²) in [7, 11) is 1.50. The van der Waals surface area contributed by atoms with Crippen LogP contribution in [-0.2, 0) is 5.88 Å². The van der Waals surface area contributed by atoms with Crippen molar-refractivity contribution >= 4 is 38.7 Å². The van der Waals surface area contributed by atoms with Crippen LogP contribution < -0.4 is 4.74 Å². The molecule has 0 saturated heterocycles. The number of hydrogen-bond donors (Lipinski definition) is 0. The fourth-order valence-electron chi connectivity index (χ4n) is 2.07. The Bertz CT molecular complexity index is 823. The smallest absolute Gasteiger partial charge is 0.245 e. The molecule has 0 saturated carbocycles. The van der Waals surface area contributed by atoms with Gasteiger partial charge >= 0.3 is 0 Å². The molecule has 2 aromatic heterocycles. The SMILES string of the molecule is COc1ncnc2c1nc(CCl)n2-c1cc(F)ccc1Br. The summed E-state index contributed by atoms with van der Waals surface area (Å²) < 4.78 is 21.1. The minimum atomic E-state index is -0.364. The Morgan fingerprint density at radius 1 is 1.38 bits per heavy atom. The molecule has 0 aliphatic rings. The molecule has 5 nitrogen and oxygen atoms in total. The second kappa shape index (κ2) is 5.57. The number of imidazole rings is 1. The maximum atomic E-state index is 13.6. The zero-order valence-corrected chi connectivity index (χ0v) is 13.2. The van der Waals surface area contributed by atoms with E-state index < -0.39 is 0 Å². The minimum Gasteiger partial charge on any atom is -0.479 e. The molecule has 0 unspecified atom stereocenters. The first-order valence-corrected chi connectivity index (χ1v) is 7.26. The predicted molar refractivity (Wildman–Crippen MR) is 80.4 cm³/mol. The standard InChI is InChI=1S/C13H9BrClFN4O/c1-21-13-11-12(17-6-18-13)20(10(5-15)19-11)9-4-7(16)2-3-8(9)14/h2-4,6H,5H2,1H3. The van der Waals surface area contributed by atoms with Crippen LogP contribution in [0.3, 0.4) is 0 Å². The Morgan fingerprint density at radius 2 is 2.19 bits per heavy atom. The molecule has 0 N–H and O–H groups in total. The van der Waals surface area contributed by atoms with Crippen molar-refractivity contribution in [3.63, 3.8) is 0 Å². The van der Waals surface area contributed by atoms with Crippen LogP contribution in [0.15, 0.2) is 29.0 Å². The van der Waals surface area contributed by atoms with E-state index in [-0.39, 0.29) is 11.7 Å². The maximum absolute atomic E-state index is 13.6. The lowest BCUT2D eigenvalue weighted by Crippen LogP contribution is -2.02. The fourth-order valence-corrected chi connectivity index (χ4v) is 2.67. The molecule has 0 bridgehead atoms. The van der Waals surface area contributed by atoms with Gasteiger partial charge in [-0.15, -0.1) is 11.6 Å². The molecule has 0 spiro atoms. The van der Waals surface area contributed by atoms with Crippen molar-refractivity contribution in [3.05, 3.63) is 40.6 Å². The van der Waals surface area contributed by atoms with Crippen LogP contribution in [0, 0.1) is 5.82 Å². The molecule has 21 heavy (non-hydrogen) atoms. The van der Waals surface area contributed by atoms with Crippen LogP contribution in [0.1, 0.15) is 5.82 Å². The van der Waals surface area contributed by atoms with Gasteiger partial charge in [0.2, 0.25) is 5.88 Å². The first-order chi connectivity index (χ1) is 10.2. The van der Waals surface area contributed by atoms with Gasteiger partial charge in [0, 0.05) is 4.47 Å². The van der Waals surface area contributed by atoms with Crippen LogP contribution >= 0.6 is 27.5 Å². The highest BCUT2D eigenvalue weighted by Gasteiger charge is 2.18. The van der Waals surface area contributed by atoms with E-state index in [1.54, 1.807) is 10.6 Å². The maximum Gasteiger partial charge on any atom is 0.245 e. The molecule has 108 valence electrons. The lowest BCUT2D eigenvalue weighted by atomic mass is 10.3. The molecular formula is C13H9BrClFN4O. The van der Waals surface area contributed by atoms with Crippen molar-refractivity contribution < 1.29 is 9.13 Å². The Labute approximate surface area is 132 Å². The van der Waals surface area contributed by atoms with E-state index in [1.165, 1.54) is 25.6 Å². The van der Waals surface area contributed by atoms with Crippen LogP contribution in [0.25, 0.3) is 16.9 Å². The van der Waals surface area contributed by atoms with Gasteiger partial charge < -0.3 is 4.74 Å². The molecule has 3 aromatic rings. The van der Waals surface area contributed by atoms with E-state index in [9.17, 15) is 4.39 Å². The minimum absolute atomic E-state index is 0.141. The third kappa shape index (κ3) is 2.36. The van der Waals surface area contributed by atoms with Crippen LogP contribution in [0.5, 0.6) is 5.88 Å². The Hall–Kier alpha value is -1.73. The summed E-state index contributed by atoms with van der Waals surface area (Å²) in [6.45, 7) is 0. The number of aromatic nitrogens is 4. The number of hydrogen-bond acceptors (Lipinski definition) is 4. The number of fused-ring (bicyclic) bond motifs is 1. The van der Waals surface area contributed by atoms with Crippen molar-refractivity contribution in [2.24, 2.45) is 0 Å². The second-order valence-corrected chi connectivity index (χ2v) is 5.27. The summed E-state index contributed by atoms with van der Waals surface area (Å²) in [5.41, 5.74) is 1.55. The topological polar surface area (TPSA) is 52.8 Å². The quantitative estimate of drug-likeness (QED) is 0.662. The number of nitrogens with zero attached hydrogens (tertiary/aromatic N) is 4. The van der Waals surface area contributed by atoms with Gasteiger partial charge in [0.1, 0.15) is 18.0 Å². The summed E-state index contributed by atoms with van der Waals surface area (Å²) in [5.74, 6) is 0.647. The normalized spacial score (nSPS) is 11.0. The van der Waals surface area contributed by atoms with Crippen molar-refractivity contribution in [2.75, 3.05) is 7.11 Å². The molecule has 8 heteroatoms. The van der Waals surface area contributed by atoms with Gasteiger partial charge in [-0.3, -0.25) is 4.57 Å². The van der Waals surface area contributed by atoms with E-state index in [0.29, 0.717) is 33.0 Å². The summed E-state index contributed by atoms with van der Waals surface area (Å²) in [6.07, 6.45) is 1.37. The molecule has 0 aliphatic heterocycles. The Morgan fingerprint density at radius 3 is 2.90 bits per heavy atom. The van der Waals surface area contributed by atoms with Crippen LogP contribution in [-0.4, -0.2) is 26.6 Å². The molecule has 0 aliphatic carbocycles. The van der Waals surface area contributed by atoms with Gasteiger partial charge in [-0.25, -0.2) is 14.4 Å². The lowest BCUT2D eigenvalue weighted by Gasteiger charge is -2.09. The van der Waals surface area contributed by atoms with Crippen LogP contribution in [0.4, 0.5) is 4.39 Å². The van der Waals surface area contributed by atoms with E-state index in [4.69, 9.17) is 16.3 Å². The summed E-state index contributed by atoms with van der Waals surface area (Å²) >= 11 is 9.36. The molecule has 2 heterocycles. The lowest BCUT2D eigenvalue weighted by molar-refractivity contribution is 0.401. The van der Waals surface area contributed by atoms with Crippen molar-refractivity contribution in [3.8, 4) is 11.6 Å². The van der Waals surface area contributed by atoms with E-state index in [1.807, 2.05) is 0 Å². The van der Waals surface area contributed by atoms with Crippen molar-refractivity contribution in [1.82, 2.24) is 19.5 Å². The van der Waals surface area contributed by atoms with Crippen LogP contribution in [0.2, 0.25) is 0 Å². The number of halogens is 3. The first kappa shape index (κ1) is 14.2. The number of benzene rings is 1. The van der Waals surface area contributed by atoms with Gasteiger partial charge in [-0.1, -0.05) is 0 Å². The predicted octanol–water partition coefficient (Wildman–Crippen LogP) is 3.46. The highest BCUT2D eigenvalue weighted by atomic mass is 79.9. The zero-order chi connectivity index (χ0) is 15.0. The van der Waals surface area contributed by atoms with E-state index >= 15 is 0 Å². The molecule has 1 aromatic carbocycles. The van der Waals surface area contributed by atoms with Gasteiger partial charge in [0.25, 0.3) is 0 Å². The molecule has 3 rings (SSSR count). The zero-order valence-electron chi connectivity index (χ0n) is 10.8. The highest BCUT2D eigenvalue weighted by molar-refractivity contribution is 9.10. The highest BCUT2D eigenvalue weighted by Crippen LogP contribution is 2.30. The van der Waals surface area contributed by atoms with Crippen molar-refractivity contribution in [2.45, 2.75) is 5.88 Å². The van der Waals surface area contributed by atoms with Gasteiger partial charge in [-0.2, -0.15) is 4.98 Å². The average Bonchev–Trinajstić information content (AvgIpc) is 2.88. The van der Waals surface area contributed by atoms with E-state index in [0.717, 1.165) is 0 Å². The third-order valence-electron chi connectivity index (χ3n) is 2.94. The third-order valence-corrected chi connectivity index (χ3v) is 3.85. The number of methoxy groups -OCH3 is 1. The number of ether oxygens (including phenoxy) is 1. The molecular weight excluding hydrogens is 363 g/mol. The first-order valence-electron chi connectivity index (χ1n) is 5.93. The van der Waals surface area contributed by atoms with Gasteiger partial charge in [-0.05, 0) is 34.1 Å². The second-order valence-electron chi connectivity index (χ2n) is 4.15. The fraction of sp³-hybridized carbons (Fsp3) is 0.154. The van der Waals surface area contributed by atoms with Crippen molar-refractivity contribution in [1.29, 1.82) is 0 Å². The largest absolute Gasteiger partial charge is 0.479 e.